The van der Waals surface area contributed by atoms with Crippen LogP contribution in [-0.2, 0) is 22.5 Å². The van der Waals surface area contributed by atoms with E-state index in [1.807, 2.05) is 71.6 Å². The first-order chi connectivity index (χ1) is 23.0. The van der Waals surface area contributed by atoms with Crippen LogP contribution in [0.4, 0.5) is 19.0 Å². The van der Waals surface area contributed by atoms with Gasteiger partial charge in [-0.3, -0.25) is 0 Å². The fourth-order valence-electron chi connectivity index (χ4n) is 6.83. The molecule has 0 saturated carbocycles. The molecular formula is C36H34ClF3N5OPS. The molecule has 5 aromatic rings. The molecule has 2 atom stereocenters. The van der Waals surface area contributed by atoms with Gasteiger partial charge < -0.3 is 9.09 Å². The summed E-state index contributed by atoms with van der Waals surface area (Å²) in [4.78, 5) is 5.12. The number of benzene rings is 3. The van der Waals surface area contributed by atoms with E-state index in [0.717, 1.165) is 71.8 Å². The Kier molecular flexibility index (Phi) is 8.65. The highest BCUT2D eigenvalue weighted by molar-refractivity contribution is 8.15. The molecule has 12 heteroatoms. The van der Waals surface area contributed by atoms with E-state index in [2.05, 4.69) is 11.6 Å². The molecule has 1 fully saturated rings. The Morgan fingerprint density at radius 3 is 2.40 bits per heavy atom. The Balaban J connectivity index is 1.51. The lowest BCUT2D eigenvalue weighted by Gasteiger charge is -2.43. The van der Waals surface area contributed by atoms with Gasteiger partial charge in [-0.2, -0.15) is 23.3 Å². The summed E-state index contributed by atoms with van der Waals surface area (Å²) in [7, 11) is 0. The van der Waals surface area contributed by atoms with Gasteiger partial charge >= 0.3 is 6.18 Å². The first-order valence-electron chi connectivity index (χ1n) is 16.0. The van der Waals surface area contributed by atoms with Gasteiger partial charge in [0.05, 0.1) is 11.3 Å². The molecule has 2 aliphatic heterocycles. The van der Waals surface area contributed by atoms with Crippen LogP contribution < -0.4 is 5.30 Å². The summed E-state index contributed by atoms with van der Waals surface area (Å²) in [5, 5.41) is 6.59. The second-order valence-electron chi connectivity index (χ2n) is 12.2. The summed E-state index contributed by atoms with van der Waals surface area (Å²) in [5.41, 5.74) is 4.18. The van der Waals surface area contributed by atoms with Crippen molar-refractivity contribution in [3.8, 4) is 22.6 Å². The van der Waals surface area contributed by atoms with Crippen LogP contribution in [0.25, 0.3) is 22.6 Å². The first-order valence-corrected chi connectivity index (χ1v) is 19.0. The van der Waals surface area contributed by atoms with Crippen LogP contribution >= 0.6 is 18.0 Å². The van der Waals surface area contributed by atoms with E-state index in [1.165, 1.54) is 12.1 Å². The predicted octanol–water partition coefficient (Wildman–Crippen LogP) is 9.93. The van der Waals surface area contributed by atoms with E-state index >= 15 is 0 Å². The molecule has 0 amide bonds. The number of nitrogens with zero attached hydrogens (tertiary/aromatic N) is 5. The normalized spacial score (nSPS) is 19.9. The minimum Gasteiger partial charge on any atom is -0.431 e. The van der Waals surface area contributed by atoms with Crippen LogP contribution in [-0.4, -0.2) is 37.5 Å². The Morgan fingerprint density at radius 1 is 0.958 bits per heavy atom. The fourth-order valence-corrected chi connectivity index (χ4v) is 11.1. The summed E-state index contributed by atoms with van der Waals surface area (Å²) >= 11 is 13.0. The van der Waals surface area contributed by atoms with Crippen molar-refractivity contribution in [2.45, 2.75) is 58.7 Å². The van der Waals surface area contributed by atoms with Crippen LogP contribution in [0, 0.1) is 13.8 Å². The zero-order valence-electron chi connectivity index (χ0n) is 26.7. The zero-order valence-corrected chi connectivity index (χ0v) is 29.2. The van der Waals surface area contributed by atoms with Crippen LogP contribution in [0.5, 0.6) is 0 Å². The molecule has 0 N–H and O–H groups in total. The summed E-state index contributed by atoms with van der Waals surface area (Å²) in [6.07, 6.45) is -3.49. The third-order valence-corrected chi connectivity index (χ3v) is 13.4. The van der Waals surface area contributed by atoms with E-state index < -0.39 is 18.2 Å². The number of fused-ring (bicyclic) bond motifs is 1. The Morgan fingerprint density at radius 2 is 1.69 bits per heavy atom. The molecule has 0 radical (unpaired) electrons. The SMILES string of the molecule is CCC1CCCCN1P1(=S)OC(c2ccc(Cl)cc2)=Nc2c1c(-c1cc(C)n(-c3cccc(C(F)(F)F)c3)c1C)nn2-c1ccccc1. The van der Waals surface area contributed by atoms with Crippen molar-refractivity contribution in [2.24, 2.45) is 4.99 Å². The van der Waals surface area contributed by atoms with Crippen molar-refractivity contribution in [1.82, 2.24) is 19.0 Å². The highest BCUT2D eigenvalue weighted by Crippen LogP contribution is 2.60. The maximum Gasteiger partial charge on any atom is 0.416 e. The third-order valence-electron chi connectivity index (χ3n) is 9.15. The lowest BCUT2D eigenvalue weighted by atomic mass is 10.0. The first kappa shape index (κ1) is 32.8. The third kappa shape index (κ3) is 5.72. The number of aliphatic imine (C=N–C) groups is 1. The number of rotatable bonds is 6. The molecule has 0 bridgehead atoms. The molecule has 0 aliphatic carbocycles. The Bertz CT molecular complexity index is 2070. The van der Waals surface area contributed by atoms with E-state index in [9.17, 15) is 13.2 Å². The number of aryl methyl sites for hydroxylation is 1. The average Bonchev–Trinajstić information content (AvgIpc) is 3.62. The molecule has 248 valence electrons. The average molecular weight is 708 g/mol. The van der Waals surface area contributed by atoms with Crippen molar-refractivity contribution in [1.29, 1.82) is 0 Å². The summed E-state index contributed by atoms with van der Waals surface area (Å²) < 4.78 is 54.2. The van der Waals surface area contributed by atoms with Gasteiger partial charge in [0.2, 0.25) is 12.3 Å². The maximum absolute atomic E-state index is 13.7. The number of alkyl halides is 3. The van der Waals surface area contributed by atoms with Crippen LogP contribution in [0.15, 0.2) is 89.9 Å². The van der Waals surface area contributed by atoms with Crippen molar-refractivity contribution < 1.29 is 17.7 Å². The molecular weight excluding hydrogens is 674 g/mol. The van der Waals surface area contributed by atoms with Crippen molar-refractivity contribution >= 4 is 46.8 Å². The number of hydrogen-bond acceptors (Lipinski definition) is 4. The smallest absolute Gasteiger partial charge is 0.416 e. The number of aromatic nitrogens is 3. The quantitative estimate of drug-likeness (QED) is 0.165. The molecule has 2 aromatic heterocycles. The van der Waals surface area contributed by atoms with Gasteiger partial charge in [0.15, 0.2) is 5.82 Å². The van der Waals surface area contributed by atoms with Gasteiger partial charge in [0.25, 0.3) is 0 Å². The standard InChI is InChI=1S/C36H34ClF3N5OPS/c1-4-28-12-8-9-20-43(28)47(48)33-32(31-21-23(2)44(24(31)3)30-15-10-11-26(22-30)36(38,39)40)42-45(29-13-6-5-7-14-29)34(33)41-35(46-47)25-16-18-27(37)19-17-25/h5-7,10-11,13-19,21-22,28H,4,8-9,12,20H2,1-3H3. The highest BCUT2D eigenvalue weighted by atomic mass is 35.5. The number of halogens is 4. The molecule has 2 unspecified atom stereocenters. The number of para-hydroxylation sites is 1. The van der Waals surface area contributed by atoms with Gasteiger partial charge in [-0.1, -0.05) is 49.2 Å². The lowest BCUT2D eigenvalue weighted by Crippen LogP contribution is -2.41. The Hall–Kier alpha value is -3.69. The molecule has 3 aromatic carbocycles. The van der Waals surface area contributed by atoms with E-state index in [4.69, 9.17) is 38.0 Å². The summed E-state index contributed by atoms with van der Waals surface area (Å²) in [6.45, 7) is 6.75. The van der Waals surface area contributed by atoms with Gasteiger partial charge in [0, 0.05) is 45.8 Å². The van der Waals surface area contributed by atoms with E-state index in [-0.39, 0.29) is 6.04 Å². The summed E-state index contributed by atoms with van der Waals surface area (Å²) in [5.74, 6) is 1.01. The topological polar surface area (TPSA) is 47.6 Å². The minimum atomic E-state index is -4.46. The molecule has 2 aliphatic rings. The molecule has 1 saturated heterocycles. The minimum absolute atomic E-state index is 0.215. The van der Waals surface area contributed by atoms with Crippen LogP contribution in [0.2, 0.25) is 5.02 Å². The molecule has 7 rings (SSSR count). The zero-order chi connectivity index (χ0) is 33.8. The van der Waals surface area contributed by atoms with Gasteiger partial charge in [-0.05, 0) is 106 Å². The van der Waals surface area contributed by atoms with Gasteiger partial charge in [0.1, 0.15) is 11.0 Å². The summed E-state index contributed by atoms with van der Waals surface area (Å²) in [6, 6.07) is 24.7. The molecule has 48 heavy (non-hydrogen) atoms. The molecule has 6 nitrogen and oxygen atoms in total. The van der Waals surface area contributed by atoms with Gasteiger partial charge in [-0.15, -0.1) is 0 Å². The van der Waals surface area contributed by atoms with Crippen LogP contribution in [0.1, 0.15) is 55.1 Å². The number of piperidine rings is 1. The number of hydrogen-bond donors (Lipinski definition) is 0. The van der Waals surface area contributed by atoms with Crippen molar-refractivity contribution in [2.75, 3.05) is 6.54 Å². The lowest BCUT2D eigenvalue weighted by molar-refractivity contribution is -0.137. The largest absolute Gasteiger partial charge is 0.431 e. The predicted molar refractivity (Wildman–Crippen MR) is 190 cm³/mol. The van der Waals surface area contributed by atoms with Crippen molar-refractivity contribution in [3.05, 3.63) is 112 Å². The van der Waals surface area contributed by atoms with Crippen molar-refractivity contribution in [3.63, 3.8) is 0 Å². The molecule has 0 spiro atoms. The second-order valence-corrected chi connectivity index (χ2v) is 16.3. The molecule has 4 heterocycles. The second kappa shape index (κ2) is 12.6. The highest BCUT2D eigenvalue weighted by Gasteiger charge is 2.46. The van der Waals surface area contributed by atoms with Gasteiger partial charge in [-0.25, -0.2) is 9.35 Å². The van der Waals surface area contributed by atoms with E-state index in [0.29, 0.717) is 28.1 Å². The van der Waals surface area contributed by atoms with E-state index in [1.54, 1.807) is 18.2 Å². The van der Waals surface area contributed by atoms with Crippen LogP contribution in [0.3, 0.4) is 0 Å². The monoisotopic (exact) mass is 707 g/mol. The maximum atomic E-state index is 13.7. The Labute approximate surface area is 288 Å². The fraction of sp³-hybridized carbons (Fsp3) is 0.278.